The molecular weight excluding hydrogens is 304 g/mol. The molecule has 0 rings (SSSR count). The Hall–Kier alpha value is 0.700. The Morgan fingerprint density at radius 3 is 1.75 bits per heavy atom. The minimum atomic E-state index is -4.71. The first-order valence-corrected chi connectivity index (χ1v) is 8.22. The molecule has 0 aromatic heterocycles. The van der Waals surface area contributed by atoms with E-state index >= 15 is 0 Å². The monoisotopic (exact) mass is 326 g/mol. The van der Waals surface area contributed by atoms with Crippen molar-refractivity contribution in [3.05, 3.63) is 0 Å². The summed E-state index contributed by atoms with van der Waals surface area (Å²) in [7, 11) is -4.71. The average Bonchev–Trinajstić information content (AvgIpc) is 2.30. The summed E-state index contributed by atoms with van der Waals surface area (Å²) in [6, 6.07) is 0. The van der Waals surface area contributed by atoms with Crippen molar-refractivity contribution in [2.45, 2.75) is 63.7 Å². The molecule has 2 atom stereocenters. The van der Waals surface area contributed by atoms with E-state index < -0.39 is 28.2 Å². The quantitative estimate of drug-likeness (QED) is 0.294. The zero-order chi connectivity index (χ0) is 14.7. The van der Waals surface area contributed by atoms with Crippen molar-refractivity contribution in [2.24, 2.45) is 0 Å². The van der Waals surface area contributed by atoms with Gasteiger partial charge in [0.05, 0.1) is 22.5 Å². The summed E-state index contributed by atoms with van der Waals surface area (Å²) in [5.74, 6) is -1.29. The van der Waals surface area contributed by atoms with Crippen LogP contribution in [-0.2, 0) is 10.1 Å². The molecule has 0 aromatic rings. The molecule has 20 heavy (non-hydrogen) atoms. The predicted molar refractivity (Wildman–Crippen MR) is 67.3 cm³/mol. The van der Waals surface area contributed by atoms with Crippen LogP contribution >= 0.6 is 0 Å². The molecule has 0 aliphatic rings. The summed E-state index contributed by atoms with van der Waals surface area (Å²) < 4.78 is 68.7. The van der Waals surface area contributed by atoms with Gasteiger partial charge in [0.25, 0.3) is 0 Å². The Kier molecular flexibility index (Phi) is 15.4. The molecular formula is C12H22F3NaO3S. The van der Waals surface area contributed by atoms with Gasteiger partial charge in [0.15, 0.2) is 0 Å². The van der Waals surface area contributed by atoms with Crippen LogP contribution in [0.4, 0.5) is 13.2 Å². The van der Waals surface area contributed by atoms with Crippen molar-refractivity contribution in [1.29, 1.82) is 0 Å². The van der Waals surface area contributed by atoms with E-state index in [1.54, 1.807) is 0 Å². The van der Waals surface area contributed by atoms with Gasteiger partial charge in [0.1, 0.15) is 12.3 Å². The summed E-state index contributed by atoms with van der Waals surface area (Å²) >= 11 is 0. The third-order valence-electron chi connectivity index (χ3n) is 2.87. The van der Waals surface area contributed by atoms with Crippen molar-refractivity contribution >= 4 is 10.1 Å². The summed E-state index contributed by atoms with van der Waals surface area (Å²) in [4.78, 5) is 0. The fourth-order valence-corrected chi connectivity index (χ4v) is 2.40. The molecule has 8 heteroatoms. The van der Waals surface area contributed by atoms with Crippen LogP contribution in [0.25, 0.3) is 0 Å². The van der Waals surface area contributed by atoms with Gasteiger partial charge in [0, 0.05) is 0 Å². The number of halogens is 3. The molecule has 0 spiro atoms. The molecule has 2 unspecified atom stereocenters. The van der Waals surface area contributed by atoms with E-state index in [9.17, 15) is 26.1 Å². The first kappa shape index (κ1) is 23.0. The van der Waals surface area contributed by atoms with Gasteiger partial charge >= 0.3 is 29.6 Å². The zero-order valence-electron chi connectivity index (χ0n) is 12.0. The molecule has 0 N–H and O–H groups in total. The number of hydrogen-bond donors (Lipinski definition) is 0. The number of unbranched alkanes of at least 4 members (excludes halogenated alkanes) is 6. The van der Waals surface area contributed by atoms with Gasteiger partial charge in [-0.2, -0.15) is 0 Å². The second-order valence-corrected chi connectivity index (χ2v) is 6.16. The minimum absolute atomic E-state index is 0. The zero-order valence-corrected chi connectivity index (χ0v) is 14.8. The summed E-state index contributed by atoms with van der Waals surface area (Å²) in [6.07, 6.45) is 1.15. The van der Waals surface area contributed by atoms with Crippen LogP contribution in [0, 0.1) is 0 Å². The van der Waals surface area contributed by atoms with E-state index in [-0.39, 0.29) is 42.7 Å². The molecule has 0 saturated carbocycles. The number of rotatable bonds is 12. The SMILES string of the molecule is O=S(=O)([O-])CC(F)C(F)CCCCCCCCCF.[Na+]. The smallest absolute Gasteiger partial charge is 0.748 e. The van der Waals surface area contributed by atoms with Crippen molar-refractivity contribution in [1.82, 2.24) is 0 Å². The standard InChI is InChI=1S/C12H23F3O3S.Na/c13-9-7-5-3-1-2-4-6-8-11(14)12(15)10-19(16,17)18;/h11-12H,1-10H2,(H,16,17,18);/q;+1/p-1. The molecule has 0 aliphatic carbocycles. The molecule has 0 aliphatic heterocycles. The van der Waals surface area contributed by atoms with Crippen LogP contribution in [0.3, 0.4) is 0 Å². The fourth-order valence-electron chi connectivity index (χ4n) is 1.80. The Balaban J connectivity index is 0. The number of hydrogen-bond acceptors (Lipinski definition) is 3. The molecule has 0 fully saturated rings. The van der Waals surface area contributed by atoms with E-state index in [1.807, 2.05) is 0 Å². The van der Waals surface area contributed by atoms with Crippen molar-refractivity contribution < 1.29 is 55.7 Å². The Morgan fingerprint density at radius 2 is 1.30 bits per heavy atom. The summed E-state index contributed by atoms with van der Waals surface area (Å²) in [5, 5.41) is 0. The average molecular weight is 326 g/mol. The molecule has 0 radical (unpaired) electrons. The summed E-state index contributed by atoms with van der Waals surface area (Å²) in [5.41, 5.74) is 0. The van der Waals surface area contributed by atoms with Crippen LogP contribution in [0.1, 0.15) is 51.4 Å². The third kappa shape index (κ3) is 15.1. The van der Waals surface area contributed by atoms with Crippen LogP contribution in [0.15, 0.2) is 0 Å². The summed E-state index contributed by atoms with van der Waals surface area (Å²) in [6.45, 7) is -0.302. The van der Waals surface area contributed by atoms with E-state index in [2.05, 4.69) is 0 Å². The van der Waals surface area contributed by atoms with Gasteiger partial charge in [-0.05, 0) is 12.8 Å². The van der Waals surface area contributed by atoms with Crippen molar-refractivity contribution in [3.63, 3.8) is 0 Å². The first-order valence-electron chi connectivity index (χ1n) is 6.64. The molecule has 0 saturated heterocycles. The maximum atomic E-state index is 13.2. The molecule has 116 valence electrons. The topological polar surface area (TPSA) is 57.2 Å². The predicted octanol–water partition coefficient (Wildman–Crippen LogP) is 0.302. The normalized spacial score (nSPS) is 14.6. The minimum Gasteiger partial charge on any atom is -0.748 e. The first-order chi connectivity index (χ1) is 8.87. The van der Waals surface area contributed by atoms with E-state index in [0.29, 0.717) is 12.8 Å². The second-order valence-electron chi connectivity index (χ2n) is 4.71. The molecule has 3 nitrogen and oxygen atoms in total. The van der Waals surface area contributed by atoms with E-state index in [4.69, 9.17) is 0 Å². The Labute approximate surface area is 141 Å². The maximum Gasteiger partial charge on any atom is 1.00 e. The van der Waals surface area contributed by atoms with Gasteiger partial charge in [-0.1, -0.05) is 38.5 Å². The maximum absolute atomic E-state index is 13.2. The second kappa shape index (κ2) is 13.4. The largest absolute Gasteiger partial charge is 1.00 e. The van der Waals surface area contributed by atoms with Crippen molar-refractivity contribution in [3.8, 4) is 0 Å². The van der Waals surface area contributed by atoms with Crippen LogP contribution < -0.4 is 29.6 Å². The van der Waals surface area contributed by atoms with Crippen LogP contribution in [-0.4, -0.2) is 37.7 Å². The molecule has 0 bridgehead atoms. The van der Waals surface area contributed by atoms with E-state index in [1.165, 1.54) is 0 Å². The third-order valence-corrected chi connectivity index (χ3v) is 3.60. The molecule has 0 aromatic carbocycles. The Morgan fingerprint density at radius 1 is 0.850 bits per heavy atom. The Bertz CT molecular complexity index is 315. The van der Waals surface area contributed by atoms with E-state index in [0.717, 1.165) is 32.1 Å². The van der Waals surface area contributed by atoms with Gasteiger partial charge in [-0.25, -0.2) is 17.2 Å². The van der Waals surface area contributed by atoms with Crippen molar-refractivity contribution in [2.75, 3.05) is 12.4 Å². The van der Waals surface area contributed by atoms with Gasteiger partial charge in [-0.15, -0.1) is 0 Å². The molecule has 0 heterocycles. The van der Waals surface area contributed by atoms with Gasteiger partial charge in [0.2, 0.25) is 0 Å². The fraction of sp³-hybridized carbons (Fsp3) is 1.00. The van der Waals surface area contributed by atoms with Crippen LogP contribution in [0.5, 0.6) is 0 Å². The number of alkyl halides is 3. The molecule has 0 amide bonds. The van der Waals surface area contributed by atoms with Gasteiger partial charge < -0.3 is 4.55 Å². The van der Waals surface area contributed by atoms with Gasteiger partial charge in [-0.3, -0.25) is 4.39 Å². The van der Waals surface area contributed by atoms with Crippen LogP contribution in [0.2, 0.25) is 0 Å².